The Balaban J connectivity index is 2.40. The molecule has 92 valence electrons. The maximum Gasteiger partial charge on any atom is 0.143 e. The molecule has 2 aromatic carbocycles. The number of rotatable bonds is 2. The molecule has 0 bridgehead atoms. The topological polar surface area (TPSA) is 59.6 Å². The van der Waals surface area contributed by atoms with Crippen LogP contribution in [-0.4, -0.2) is 0 Å². The molecule has 1 N–H and O–H groups in total. The van der Waals surface area contributed by atoms with Crippen LogP contribution in [0.5, 0.6) is 0 Å². The third-order valence-corrected chi connectivity index (χ3v) is 2.49. The van der Waals surface area contributed by atoms with E-state index >= 15 is 0 Å². The molecular weight excluding hydrogens is 248 g/mol. The summed E-state index contributed by atoms with van der Waals surface area (Å²) in [6, 6.07) is 11.4. The second-order valence-electron chi connectivity index (χ2n) is 3.71. The Hall–Kier alpha value is -2.92. The van der Waals surface area contributed by atoms with Crippen molar-refractivity contribution in [3.05, 3.63) is 59.2 Å². The summed E-state index contributed by atoms with van der Waals surface area (Å²) in [6.45, 7) is 0. The van der Waals surface area contributed by atoms with Gasteiger partial charge in [-0.05, 0) is 30.3 Å². The van der Waals surface area contributed by atoms with Gasteiger partial charge in [-0.2, -0.15) is 10.5 Å². The van der Waals surface area contributed by atoms with Gasteiger partial charge in [0.25, 0.3) is 0 Å². The van der Waals surface area contributed by atoms with Crippen molar-refractivity contribution >= 4 is 11.4 Å². The number of nitrogens with zero attached hydrogens (tertiary/aromatic N) is 2. The quantitative estimate of drug-likeness (QED) is 0.894. The largest absolute Gasteiger partial charge is 0.354 e. The van der Waals surface area contributed by atoms with E-state index in [9.17, 15) is 8.78 Å². The highest BCUT2D eigenvalue weighted by Gasteiger charge is 2.09. The molecule has 2 aromatic rings. The van der Waals surface area contributed by atoms with Crippen molar-refractivity contribution < 1.29 is 8.78 Å². The van der Waals surface area contributed by atoms with Crippen molar-refractivity contribution in [2.75, 3.05) is 5.32 Å². The summed E-state index contributed by atoms with van der Waals surface area (Å²) < 4.78 is 26.5. The first-order chi connectivity index (χ1) is 9.15. The van der Waals surface area contributed by atoms with Crippen LogP contribution in [0.3, 0.4) is 0 Å². The summed E-state index contributed by atoms with van der Waals surface area (Å²) in [6.07, 6.45) is 0. The van der Waals surface area contributed by atoms with E-state index in [1.54, 1.807) is 12.1 Å². The van der Waals surface area contributed by atoms with Crippen LogP contribution in [0.2, 0.25) is 0 Å². The molecular formula is C14H7F2N3. The van der Waals surface area contributed by atoms with Crippen LogP contribution >= 0.6 is 0 Å². The summed E-state index contributed by atoms with van der Waals surface area (Å²) in [5, 5.41) is 20.4. The van der Waals surface area contributed by atoms with Crippen LogP contribution < -0.4 is 5.32 Å². The van der Waals surface area contributed by atoms with Crippen LogP contribution in [0.1, 0.15) is 11.1 Å². The molecule has 0 aliphatic rings. The third-order valence-electron chi connectivity index (χ3n) is 2.49. The monoisotopic (exact) mass is 255 g/mol. The molecule has 0 atom stereocenters. The van der Waals surface area contributed by atoms with Gasteiger partial charge in [-0.15, -0.1) is 0 Å². The lowest BCUT2D eigenvalue weighted by Crippen LogP contribution is -1.97. The van der Waals surface area contributed by atoms with E-state index in [2.05, 4.69) is 5.32 Å². The van der Waals surface area contributed by atoms with Crippen LogP contribution in [0.4, 0.5) is 20.2 Å². The molecule has 0 aliphatic carbocycles. The standard InChI is InChI=1S/C14H7F2N3/c15-12-5-4-10(6-9(12)7-17)19-14-3-1-2-13(16)11(14)8-18/h1-6,19H. The Morgan fingerprint density at radius 2 is 1.74 bits per heavy atom. The van der Waals surface area contributed by atoms with Gasteiger partial charge in [0.1, 0.15) is 29.3 Å². The fourth-order valence-electron chi connectivity index (χ4n) is 1.59. The molecule has 0 unspecified atom stereocenters. The van der Waals surface area contributed by atoms with Gasteiger partial charge in [0.2, 0.25) is 0 Å². The predicted molar refractivity (Wildman–Crippen MR) is 65.5 cm³/mol. The highest BCUT2D eigenvalue weighted by atomic mass is 19.1. The third kappa shape index (κ3) is 2.51. The molecule has 3 nitrogen and oxygen atoms in total. The molecule has 0 saturated heterocycles. The Morgan fingerprint density at radius 1 is 0.947 bits per heavy atom. The molecule has 0 aromatic heterocycles. The Bertz CT molecular complexity index is 712. The zero-order valence-corrected chi connectivity index (χ0v) is 9.61. The number of hydrogen-bond donors (Lipinski definition) is 1. The zero-order valence-electron chi connectivity index (χ0n) is 9.61. The summed E-state index contributed by atoms with van der Waals surface area (Å²) >= 11 is 0. The molecule has 0 radical (unpaired) electrons. The molecule has 0 heterocycles. The van der Waals surface area contributed by atoms with E-state index in [0.717, 1.165) is 6.07 Å². The lowest BCUT2D eigenvalue weighted by atomic mass is 10.1. The average molecular weight is 255 g/mol. The lowest BCUT2D eigenvalue weighted by molar-refractivity contribution is 0.623. The van der Waals surface area contributed by atoms with Gasteiger partial charge in [-0.3, -0.25) is 0 Å². The normalized spacial score (nSPS) is 9.47. The highest BCUT2D eigenvalue weighted by Crippen LogP contribution is 2.23. The van der Waals surface area contributed by atoms with Crippen molar-refractivity contribution in [1.82, 2.24) is 0 Å². The molecule has 0 aliphatic heterocycles. The van der Waals surface area contributed by atoms with Crippen molar-refractivity contribution in [2.45, 2.75) is 0 Å². The number of anilines is 2. The summed E-state index contributed by atoms with van der Waals surface area (Å²) in [5.74, 6) is -1.28. The highest BCUT2D eigenvalue weighted by molar-refractivity contribution is 5.67. The van der Waals surface area contributed by atoms with Gasteiger partial charge in [0.15, 0.2) is 0 Å². The number of hydrogen-bond acceptors (Lipinski definition) is 3. The molecule has 0 fully saturated rings. The molecule has 0 spiro atoms. The minimum Gasteiger partial charge on any atom is -0.354 e. The molecule has 0 saturated carbocycles. The predicted octanol–water partition coefficient (Wildman–Crippen LogP) is 3.45. The Kier molecular flexibility index (Phi) is 3.40. The van der Waals surface area contributed by atoms with Crippen molar-refractivity contribution in [1.29, 1.82) is 10.5 Å². The molecule has 0 amide bonds. The van der Waals surface area contributed by atoms with Gasteiger partial charge in [-0.1, -0.05) is 6.07 Å². The summed E-state index contributed by atoms with van der Waals surface area (Å²) in [4.78, 5) is 0. The lowest BCUT2D eigenvalue weighted by Gasteiger charge is -2.09. The maximum atomic E-state index is 13.4. The molecule has 19 heavy (non-hydrogen) atoms. The van der Waals surface area contributed by atoms with Crippen LogP contribution in [0, 0.1) is 34.3 Å². The Morgan fingerprint density at radius 3 is 2.42 bits per heavy atom. The second-order valence-corrected chi connectivity index (χ2v) is 3.71. The first-order valence-corrected chi connectivity index (χ1v) is 5.31. The summed E-state index contributed by atoms with van der Waals surface area (Å²) in [5.41, 5.74) is 0.406. The van der Waals surface area contributed by atoms with E-state index in [-0.39, 0.29) is 16.8 Å². The van der Waals surface area contributed by atoms with Gasteiger partial charge in [0.05, 0.1) is 11.3 Å². The number of halogens is 2. The van der Waals surface area contributed by atoms with Gasteiger partial charge >= 0.3 is 0 Å². The average Bonchev–Trinajstić information content (AvgIpc) is 2.41. The van der Waals surface area contributed by atoms with E-state index in [4.69, 9.17) is 10.5 Å². The molecule has 2 rings (SSSR count). The SMILES string of the molecule is N#Cc1cc(Nc2cccc(F)c2C#N)ccc1F. The number of nitriles is 2. The van der Waals surface area contributed by atoms with Crippen molar-refractivity contribution in [2.24, 2.45) is 0 Å². The van der Waals surface area contributed by atoms with Crippen LogP contribution in [-0.2, 0) is 0 Å². The van der Waals surface area contributed by atoms with E-state index in [1.807, 2.05) is 0 Å². The summed E-state index contributed by atoms with van der Waals surface area (Å²) in [7, 11) is 0. The van der Waals surface area contributed by atoms with E-state index in [0.29, 0.717) is 5.69 Å². The first kappa shape index (κ1) is 12.5. The minimum atomic E-state index is -0.643. The van der Waals surface area contributed by atoms with Crippen molar-refractivity contribution in [3.8, 4) is 12.1 Å². The van der Waals surface area contributed by atoms with E-state index in [1.165, 1.54) is 30.3 Å². The Labute approximate surface area is 108 Å². The molecule has 5 heteroatoms. The second kappa shape index (κ2) is 5.16. The number of benzene rings is 2. The minimum absolute atomic E-state index is 0.125. The van der Waals surface area contributed by atoms with Gasteiger partial charge in [-0.25, -0.2) is 8.78 Å². The fraction of sp³-hybridized carbons (Fsp3) is 0. The van der Waals surface area contributed by atoms with Gasteiger partial charge in [0, 0.05) is 5.69 Å². The van der Waals surface area contributed by atoms with Crippen molar-refractivity contribution in [3.63, 3.8) is 0 Å². The maximum absolute atomic E-state index is 13.4. The zero-order chi connectivity index (χ0) is 13.8. The van der Waals surface area contributed by atoms with Gasteiger partial charge < -0.3 is 5.32 Å². The van der Waals surface area contributed by atoms with E-state index < -0.39 is 11.6 Å². The smallest absolute Gasteiger partial charge is 0.143 e. The van der Waals surface area contributed by atoms with Crippen LogP contribution in [0.15, 0.2) is 36.4 Å². The van der Waals surface area contributed by atoms with Crippen LogP contribution in [0.25, 0.3) is 0 Å². The first-order valence-electron chi connectivity index (χ1n) is 5.31. The number of nitrogens with one attached hydrogen (secondary N) is 1. The fourth-order valence-corrected chi connectivity index (χ4v) is 1.59.